The van der Waals surface area contributed by atoms with E-state index in [1.165, 1.54) is 6.42 Å². The third kappa shape index (κ3) is 5.56. The molecular formula is C10H22O2. The molecule has 2 nitrogen and oxygen atoms in total. The van der Waals surface area contributed by atoms with Crippen molar-refractivity contribution in [2.45, 2.75) is 52.2 Å². The van der Waals surface area contributed by atoms with E-state index in [0.717, 1.165) is 12.8 Å². The molecule has 0 saturated heterocycles. The largest absolute Gasteiger partial charge is 0.382 e. The Bertz CT molecular complexity index is 93.8. The van der Waals surface area contributed by atoms with Crippen LogP contribution < -0.4 is 0 Å². The molecule has 0 aliphatic carbocycles. The fourth-order valence-corrected chi connectivity index (χ4v) is 1.24. The van der Waals surface area contributed by atoms with Gasteiger partial charge in [0.15, 0.2) is 0 Å². The van der Waals surface area contributed by atoms with Crippen LogP contribution in [0.3, 0.4) is 0 Å². The molecule has 0 bridgehead atoms. The zero-order valence-corrected chi connectivity index (χ0v) is 8.80. The second kappa shape index (κ2) is 7.56. The summed E-state index contributed by atoms with van der Waals surface area (Å²) in [5.74, 6) is 0. The Balaban J connectivity index is 3.53. The predicted octanol–water partition coefficient (Wildman–Crippen LogP) is 2.62. The van der Waals surface area contributed by atoms with Gasteiger partial charge >= 0.3 is 0 Å². The van der Waals surface area contributed by atoms with Crippen molar-refractivity contribution in [3.8, 4) is 0 Å². The Morgan fingerprint density at radius 3 is 2.33 bits per heavy atom. The minimum absolute atomic E-state index is 0.275. The van der Waals surface area contributed by atoms with Crippen LogP contribution in [0.25, 0.3) is 0 Å². The van der Waals surface area contributed by atoms with E-state index in [1.807, 2.05) is 0 Å². The van der Waals surface area contributed by atoms with E-state index in [1.54, 1.807) is 7.11 Å². The second-order valence-corrected chi connectivity index (χ2v) is 3.22. The lowest BCUT2D eigenvalue weighted by Crippen LogP contribution is -2.23. The third-order valence-corrected chi connectivity index (χ3v) is 1.93. The van der Waals surface area contributed by atoms with E-state index in [0.29, 0.717) is 12.7 Å². The molecule has 12 heavy (non-hydrogen) atoms. The van der Waals surface area contributed by atoms with Crippen molar-refractivity contribution in [1.82, 2.24) is 0 Å². The molecule has 2 heteroatoms. The molecule has 0 heterocycles. The summed E-state index contributed by atoms with van der Waals surface area (Å²) in [6.07, 6.45) is 4.00. The van der Waals surface area contributed by atoms with Gasteiger partial charge in [-0.1, -0.05) is 20.3 Å². The molecule has 0 radical (unpaired) electrons. The van der Waals surface area contributed by atoms with Crippen LogP contribution in [0, 0.1) is 0 Å². The Kier molecular flexibility index (Phi) is 7.51. The van der Waals surface area contributed by atoms with Crippen molar-refractivity contribution in [2.75, 3.05) is 13.7 Å². The molecule has 0 aromatic rings. The summed E-state index contributed by atoms with van der Waals surface area (Å²) in [4.78, 5) is 0. The van der Waals surface area contributed by atoms with Gasteiger partial charge in [0.25, 0.3) is 0 Å². The first kappa shape index (κ1) is 11.9. The number of methoxy groups -OCH3 is 1. The molecule has 0 rings (SSSR count). The lowest BCUT2D eigenvalue weighted by Gasteiger charge is -2.20. The van der Waals surface area contributed by atoms with Gasteiger partial charge in [0, 0.05) is 7.11 Å². The number of hydrogen-bond donors (Lipinski definition) is 0. The average Bonchev–Trinajstić information content (AvgIpc) is 2.04. The van der Waals surface area contributed by atoms with E-state index < -0.39 is 0 Å². The number of hydrogen-bond acceptors (Lipinski definition) is 2. The maximum absolute atomic E-state index is 5.76. The first-order chi connectivity index (χ1) is 5.74. The van der Waals surface area contributed by atoms with E-state index in [2.05, 4.69) is 20.8 Å². The molecular weight excluding hydrogens is 152 g/mol. The molecule has 2 unspecified atom stereocenters. The van der Waals surface area contributed by atoms with Crippen LogP contribution in [0.1, 0.15) is 40.0 Å². The topological polar surface area (TPSA) is 18.5 Å². The predicted molar refractivity (Wildman–Crippen MR) is 51.4 cm³/mol. The molecule has 0 spiro atoms. The first-order valence-electron chi connectivity index (χ1n) is 4.88. The highest BCUT2D eigenvalue weighted by Gasteiger charge is 2.09. The smallest absolute Gasteiger partial charge is 0.0809 e. The van der Waals surface area contributed by atoms with Crippen LogP contribution in [0.5, 0.6) is 0 Å². The molecule has 0 aromatic carbocycles. The van der Waals surface area contributed by atoms with Crippen LogP contribution in [0.15, 0.2) is 0 Å². The zero-order valence-electron chi connectivity index (χ0n) is 8.80. The van der Waals surface area contributed by atoms with Crippen molar-refractivity contribution >= 4 is 0 Å². The highest BCUT2D eigenvalue weighted by atomic mass is 16.5. The summed E-state index contributed by atoms with van der Waals surface area (Å²) < 4.78 is 10.8. The van der Waals surface area contributed by atoms with E-state index in [9.17, 15) is 0 Å². The molecule has 0 aromatic heterocycles. The highest BCUT2D eigenvalue weighted by Crippen LogP contribution is 2.07. The molecule has 74 valence electrons. The Labute approximate surface area is 76.3 Å². The standard InChI is InChI=1S/C10H22O2/c1-5-7-9(3)12-10(6-2)8-11-4/h9-10H,5-8H2,1-4H3. The maximum atomic E-state index is 5.76. The highest BCUT2D eigenvalue weighted by molar-refractivity contribution is 4.57. The Morgan fingerprint density at radius 1 is 1.25 bits per heavy atom. The fourth-order valence-electron chi connectivity index (χ4n) is 1.24. The summed E-state index contributed by atoms with van der Waals surface area (Å²) in [5.41, 5.74) is 0. The van der Waals surface area contributed by atoms with E-state index in [-0.39, 0.29) is 6.10 Å². The van der Waals surface area contributed by atoms with Gasteiger partial charge in [0.1, 0.15) is 0 Å². The molecule has 0 N–H and O–H groups in total. The monoisotopic (exact) mass is 174 g/mol. The van der Waals surface area contributed by atoms with Crippen LogP contribution >= 0.6 is 0 Å². The zero-order chi connectivity index (χ0) is 9.40. The number of rotatable bonds is 7. The van der Waals surface area contributed by atoms with E-state index >= 15 is 0 Å². The van der Waals surface area contributed by atoms with Gasteiger partial charge in [-0.05, 0) is 19.8 Å². The fraction of sp³-hybridized carbons (Fsp3) is 1.00. The lowest BCUT2D eigenvalue weighted by molar-refractivity contribution is -0.0451. The summed E-state index contributed by atoms with van der Waals surface area (Å²) in [6, 6.07) is 0. The second-order valence-electron chi connectivity index (χ2n) is 3.22. The summed E-state index contributed by atoms with van der Waals surface area (Å²) >= 11 is 0. The first-order valence-corrected chi connectivity index (χ1v) is 4.88. The molecule has 0 amide bonds. The van der Waals surface area contributed by atoms with Crippen molar-refractivity contribution in [1.29, 1.82) is 0 Å². The van der Waals surface area contributed by atoms with Gasteiger partial charge in [0.2, 0.25) is 0 Å². The van der Waals surface area contributed by atoms with Crippen LogP contribution in [0.4, 0.5) is 0 Å². The summed E-state index contributed by atoms with van der Waals surface area (Å²) in [5, 5.41) is 0. The Hall–Kier alpha value is -0.0800. The normalized spacial score (nSPS) is 16.0. The molecule has 0 aliphatic rings. The SMILES string of the molecule is CCCC(C)OC(CC)COC. The van der Waals surface area contributed by atoms with Crippen LogP contribution in [0.2, 0.25) is 0 Å². The average molecular weight is 174 g/mol. The summed E-state index contributed by atoms with van der Waals surface area (Å²) in [7, 11) is 1.72. The summed E-state index contributed by atoms with van der Waals surface area (Å²) in [6.45, 7) is 7.14. The molecule has 0 fully saturated rings. The van der Waals surface area contributed by atoms with Crippen LogP contribution in [-0.2, 0) is 9.47 Å². The van der Waals surface area contributed by atoms with Gasteiger partial charge in [-0.3, -0.25) is 0 Å². The minimum atomic E-state index is 0.275. The lowest BCUT2D eigenvalue weighted by atomic mass is 10.2. The molecule has 0 saturated carbocycles. The van der Waals surface area contributed by atoms with Gasteiger partial charge in [0.05, 0.1) is 18.8 Å². The quantitative estimate of drug-likeness (QED) is 0.590. The maximum Gasteiger partial charge on any atom is 0.0809 e. The van der Waals surface area contributed by atoms with Gasteiger partial charge in [-0.2, -0.15) is 0 Å². The van der Waals surface area contributed by atoms with Crippen molar-refractivity contribution in [2.24, 2.45) is 0 Å². The molecule has 0 aliphatic heterocycles. The van der Waals surface area contributed by atoms with E-state index in [4.69, 9.17) is 9.47 Å². The van der Waals surface area contributed by atoms with Crippen molar-refractivity contribution in [3.63, 3.8) is 0 Å². The van der Waals surface area contributed by atoms with Crippen molar-refractivity contribution in [3.05, 3.63) is 0 Å². The minimum Gasteiger partial charge on any atom is -0.382 e. The third-order valence-electron chi connectivity index (χ3n) is 1.93. The van der Waals surface area contributed by atoms with Crippen LogP contribution in [-0.4, -0.2) is 25.9 Å². The van der Waals surface area contributed by atoms with Gasteiger partial charge in [-0.15, -0.1) is 0 Å². The van der Waals surface area contributed by atoms with Gasteiger partial charge in [-0.25, -0.2) is 0 Å². The number of ether oxygens (including phenoxy) is 2. The molecule has 2 atom stereocenters. The van der Waals surface area contributed by atoms with Gasteiger partial charge < -0.3 is 9.47 Å². The Morgan fingerprint density at radius 2 is 1.92 bits per heavy atom. The van der Waals surface area contributed by atoms with Crippen molar-refractivity contribution < 1.29 is 9.47 Å².